The molecule has 2 aromatic rings. The second-order valence-electron chi connectivity index (χ2n) is 6.02. The molecule has 1 unspecified atom stereocenters. The van der Waals surface area contributed by atoms with Crippen molar-refractivity contribution in [2.24, 2.45) is 5.92 Å². The number of pyridine rings is 1. The molecule has 1 saturated heterocycles. The molecule has 6 heteroatoms. The number of hydrogen-bond donors (Lipinski definition) is 1. The molecular formula is C15H22FN5. The highest BCUT2D eigenvalue weighted by Crippen LogP contribution is 2.19. The molecule has 0 radical (unpaired) electrons. The van der Waals surface area contributed by atoms with E-state index in [4.69, 9.17) is 0 Å². The number of anilines is 1. The van der Waals surface area contributed by atoms with E-state index in [9.17, 15) is 4.39 Å². The van der Waals surface area contributed by atoms with E-state index in [1.807, 2.05) is 0 Å². The van der Waals surface area contributed by atoms with Gasteiger partial charge in [0.15, 0.2) is 5.65 Å². The SMILES string of the molecule is CC(C)N(CC1CCCNC1)c1nc2ccc(F)cn2n1. The second-order valence-corrected chi connectivity index (χ2v) is 6.02. The highest BCUT2D eigenvalue weighted by Gasteiger charge is 2.22. The van der Waals surface area contributed by atoms with Gasteiger partial charge in [-0.05, 0) is 57.8 Å². The summed E-state index contributed by atoms with van der Waals surface area (Å²) in [4.78, 5) is 6.74. The van der Waals surface area contributed by atoms with Crippen molar-refractivity contribution in [3.63, 3.8) is 0 Å². The van der Waals surface area contributed by atoms with Crippen molar-refractivity contribution < 1.29 is 4.39 Å². The molecule has 2 aromatic heterocycles. The zero-order valence-electron chi connectivity index (χ0n) is 12.6. The van der Waals surface area contributed by atoms with Crippen molar-refractivity contribution in [1.82, 2.24) is 19.9 Å². The maximum atomic E-state index is 13.3. The van der Waals surface area contributed by atoms with Crippen LogP contribution in [0.1, 0.15) is 26.7 Å². The van der Waals surface area contributed by atoms with Gasteiger partial charge < -0.3 is 10.2 Å². The molecule has 1 atom stereocenters. The first-order valence-corrected chi connectivity index (χ1v) is 7.63. The van der Waals surface area contributed by atoms with Crippen LogP contribution < -0.4 is 10.2 Å². The second kappa shape index (κ2) is 5.97. The van der Waals surface area contributed by atoms with Gasteiger partial charge in [0.2, 0.25) is 5.95 Å². The maximum absolute atomic E-state index is 13.3. The number of aromatic nitrogens is 3. The first-order chi connectivity index (χ1) is 10.1. The molecule has 0 aromatic carbocycles. The normalized spacial score (nSPS) is 19.3. The molecule has 0 amide bonds. The van der Waals surface area contributed by atoms with Crippen LogP contribution in [0.5, 0.6) is 0 Å². The van der Waals surface area contributed by atoms with Crippen molar-refractivity contribution in [2.75, 3.05) is 24.5 Å². The zero-order chi connectivity index (χ0) is 14.8. The largest absolute Gasteiger partial charge is 0.337 e. The minimum atomic E-state index is -0.300. The average Bonchev–Trinajstić information content (AvgIpc) is 2.88. The van der Waals surface area contributed by atoms with E-state index >= 15 is 0 Å². The lowest BCUT2D eigenvalue weighted by molar-refractivity contribution is 0.369. The van der Waals surface area contributed by atoms with Crippen molar-refractivity contribution in [1.29, 1.82) is 0 Å². The molecule has 1 aliphatic heterocycles. The molecule has 114 valence electrons. The minimum Gasteiger partial charge on any atom is -0.337 e. The Hall–Kier alpha value is -1.69. The van der Waals surface area contributed by atoms with E-state index in [1.54, 1.807) is 6.07 Å². The van der Waals surface area contributed by atoms with Gasteiger partial charge in [-0.1, -0.05) is 0 Å². The summed E-state index contributed by atoms with van der Waals surface area (Å²) in [6, 6.07) is 3.39. The van der Waals surface area contributed by atoms with Crippen molar-refractivity contribution in [2.45, 2.75) is 32.7 Å². The Morgan fingerprint density at radius 2 is 2.33 bits per heavy atom. The highest BCUT2D eigenvalue weighted by molar-refractivity contribution is 5.45. The molecule has 3 rings (SSSR count). The van der Waals surface area contributed by atoms with Crippen LogP contribution in [0.4, 0.5) is 10.3 Å². The third-order valence-corrected chi connectivity index (χ3v) is 4.02. The summed E-state index contributed by atoms with van der Waals surface area (Å²) in [7, 11) is 0. The zero-order valence-corrected chi connectivity index (χ0v) is 12.6. The Morgan fingerprint density at radius 1 is 1.48 bits per heavy atom. The lowest BCUT2D eigenvalue weighted by atomic mass is 9.99. The number of hydrogen-bond acceptors (Lipinski definition) is 4. The summed E-state index contributed by atoms with van der Waals surface area (Å²) >= 11 is 0. The van der Waals surface area contributed by atoms with Crippen molar-refractivity contribution in [3.8, 4) is 0 Å². The molecular weight excluding hydrogens is 269 g/mol. The number of rotatable bonds is 4. The fraction of sp³-hybridized carbons (Fsp3) is 0.600. The summed E-state index contributed by atoms with van der Waals surface area (Å²) in [5.74, 6) is 0.997. The van der Waals surface area contributed by atoms with E-state index in [2.05, 4.69) is 34.1 Å². The average molecular weight is 291 g/mol. The van der Waals surface area contributed by atoms with Crippen molar-refractivity contribution in [3.05, 3.63) is 24.1 Å². The molecule has 1 fully saturated rings. The summed E-state index contributed by atoms with van der Waals surface area (Å²) in [5, 5.41) is 7.87. The van der Waals surface area contributed by atoms with Crippen LogP contribution in [0.15, 0.2) is 18.3 Å². The van der Waals surface area contributed by atoms with Gasteiger partial charge in [-0.2, -0.15) is 4.98 Å². The number of fused-ring (bicyclic) bond motifs is 1. The highest BCUT2D eigenvalue weighted by atomic mass is 19.1. The summed E-state index contributed by atoms with van der Waals surface area (Å²) in [6.45, 7) is 7.38. The van der Waals surface area contributed by atoms with E-state index in [0.29, 0.717) is 23.6 Å². The quantitative estimate of drug-likeness (QED) is 0.937. The molecule has 0 bridgehead atoms. The first kappa shape index (κ1) is 14.3. The Morgan fingerprint density at radius 3 is 3.05 bits per heavy atom. The summed E-state index contributed by atoms with van der Waals surface area (Å²) in [6.07, 6.45) is 3.82. The molecule has 5 nitrogen and oxygen atoms in total. The van der Waals surface area contributed by atoms with Crippen LogP contribution >= 0.6 is 0 Å². The Kier molecular flexibility index (Phi) is 4.05. The van der Waals surface area contributed by atoms with E-state index in [-0.39, 0.29) is 5.82 Å². The molecule has 1 N–H and O–H groups in total. The van der Waals surface area contributed by atoms with Crippen LogP contribution in [0.25, 0.3) is 5.65 Å². The van der Waals surface area contributed by atoms with E-state index in [0.717, 1.165) is 19.6 Å². The number of nitrogens with zero attached hydrogens (tertiary/aromatic N) is 4. The summed E-state index contributed by atoms with van der Waals surface area (Å²) in [5.41, 5.74) is 0.679. The van der Waals surface area contributed by atoms with Crippen molar-refractivity contribution >= 4 is 11.6 Å². The van der Waals surface area contributed by atoms with Gasteiger partial charge in [-0.25, -0.2) is 8.91 Å². The van der Waals surface area contributed by atoms with E-state index < -0.39 is 0 Å². The predicted octanol–water partition coefficient (Wildman–Crippen LogP) is 2.08. The van der Waals surface area contributed by atoms with E-state index in [1.165, 1.54) is 29.6 Å². The predicted molar refractivity (Wildman–Crippen MR) is 81.0 cm³/mol. The Balaban J connectivity index is 1.84. The molecule has 0 spiro atoms. The topological polar surface area (TPSA) is 45.5 Å². The van der Waals surface area contributed by atoms with Gasteiger partial charge >= 0.3 is 0 Å². The van der Waals surface area contributed by atoms with Gasteiger partial charge in [0.05, 0.1) is 6.20 Å². The number of piperidine rings is 1. The number of nitrogens with one attached hydrogen (secondary N) is 1. The van der Waals surface area contributed by atoms with Gasteiger partial charge in [0.1, 0.15) is 5.82 Å². The smallest absolute Gasteiger partial charge is 0.245 e. The van der Waals surface area contributed by atoms with Gasteiger partial charge in [0.25, 0.3) is 0 Å². The molecule has 1 aliphatic rings. The maximum Gasteiger partial charge on any atom is 0.245 e. The molecule has 0 saturated carbocycles. The Bertz CT molecular complexity index is 603. The molecule has 21 heavy (non-hydrogen) atoms. The van der Waals surface area contributed by atoms with Gasteiger partial charge in [0, 0.05) is 12.6 Å². The lowest BCUT2D eigenvalue weighted by Crippen LogP contribution is -2.41. The standard InChI is InChI=1S/C15H22FN5/c1-11(2)20(9-12-4-3-7-17-8-12)15-18-14-6-5-13(16)10-21(14)19-15/h5-6,10-12,17H,3-4,7-9H2,1-2H3. The lowest BCUT2D eigenvalue weighted by Gasteiger charge is -2.32. The van der Waals surface area contributed by atoms with Crippen LogP contribution in [0.2, 0.25) is 0 Å². The first-order valence-electron chi connectivity index (χ1n) is 7.63. The van der Waals surface area contributed by atoms with Gasteiger partial charge in [-0.3, -0.25) is 0 Å². The van der Waals surface area contributed by atoms with Crippen LogP contribution in [0.3, 0.4) is 0 Å². The van der Waals surface area contributed by atoms with Gasteiger partial charge in [-0.15, -0.1) is 5.10 Å². The fourth-order valence-electron chi connectivity index (χ4n) is 2.85. The third kappa shape index (κ3) is 3.15. The number of halogens is 1. The van der Waals surface area contributed by atoms with Crippen LogP contribution in [-0.4, -0.2) is 40.3 Å². The Labute approximate surface area is 124 Å². The third-order valence-electron chi connectivity index (χ3n) is 4.02. The monoisotopic (exact) mass is 291 g/mol. The molecule has 0 aliphatic carbocycles. The van der Waals surface area contributed by atoms with Crippen LogP contribution in [0, 0.1) is 11.7 Å². The fourth-order valence-corrected chi connectivity index (χ4v) is 2.85. The summed E-state index contributed by atoms with van der Waals surface area (Å²) < 4.78 is 14.8. The molecule has 3 heterocycles. The minimum absolute atomic E-state index is 0.300. The van der Waals surface area contributed by atoms with Crippen LogP contribution in [-0.2, 0) is 0 Å².